The van der Waals surface area contributed by atoms with Crippen molar-refractivity contribution in [1.82, 2.24) is 4.90 Å². The van der Waals surface area contributed by atoms with E-state index in [4.69, 9.17) is 0 Å². The maximum Gasteiger partial charge on any atom is 0.402 e. The van der Waals surface area contributed by atoms with Crippen LogP contribution in [0, 0.1) is 0 Å². The Morgan fingerprint density at radius 1 is 1.19 bits per heavy atom. The van der Waals surface area contributed by atoms with E-state index in [0.29, 0.717) is 6.04 Å². The second-order valence-electron chi connectivity index (χ2n) is 4.59. The van der Waals surface area contributed by atoms with Crippen LogP contribution in [-0.2, 0) is 0 Å². The minimum atomic E-state index is -4.14. The number of alkyl halides is 4. The number of halogens is 4. The third-order valence-corrected chi connectivity index (χ3v) is 4.06. The lowest BCUT2D eigenvalue weighted by atomic mass is 10.1. The Morgan fingerprint density at radius 2 is 1.69 bits per heavy atom. The molecule has 0 spiro atoms. The second-order valence-corrected chi connectivity index (χ2v) is 5.70. The van der Waals surface area contributed by atoms with Crippen molar-refractivity contribution in [3.8, 4) is 0 Å². The van der Waals surface area contributed by atoms with Gasteiger partial charge in [0.1, 0.15) is 4.83 Å². The number of nitrogens with zero attached hydrogens (tertiary/aromatic N) is 1. The monoisotopic (exact) mass is 301 g/mol. The summed E-state index contributed by atoms with van der Waals surface area (Å²) in [5.74, 6) is 0. The van der Waals surface area contributed by atoms with E-state index in [1.165, 1.54) is 12.8 Å². The normalized spacial score (nSPS) is 22.1. The van der Waals surface area contributed by atoms with Gasteiger partial charge in [-0.15, -0.1) is 0 Å². The lowest BCUT2D eigenvalue weighted by Gasteiger charge is -2.29. The molecule has 0 saturated heterocycles. The molecule has 1 aliphatic carbocycles. The summed E-state index contributed by atoms with van der Waals surface area (Å²) >= 11 is 2.72. The predicted molar refractivity (Wildman–Crippen MR) is 62.9 cm³/mol. The van der Waals surface area contributed by atoms with Gasteiger partial charge >= 0.3 is 6.18 Å². The van der Waals surface area contributed by atoms with E-state index in [2.05, 4.69) is 15.9 Å². The molecular formula is C11H19BrF3N. The lowest BCUT2D eigenvalue weighted by molar-refractivity contribution is -0.131. The minimum Gasteiger partial charge on any atom is -0.302 e. The van der Waals surface area contributed by atoms with E-state index in [9.17, 15) is 13.2 Å². The van der Waals surface area contributed by atoms with Crippen molar-refractivity contribution in [2.24, 2.45) is 0 Å². The molecule has 96 valence electrons. The summed E-state index contributed by atoms with van der Waals surface area (Å²) in [6, 6.07) is 0.324. The smallest absolute Gasteiger partial charge is 0.302 e. The van der Waals surface area contributed by atoms with Gasteiger partial charge in [-0.25, -0.2) is 0 Å². The summed E-state index contributed by atoms with van der Waals surface area (Å²) in [7, 11) is 1.80. The summed E-state index contributed by atoms with van der Waals surface area (Å²) < 4.78 is 37.2. The highest BCUT2D eigenvalue weighted by atomic mass is 79.9. The zero-order valence-corrected chi connectivity index (χ0v) is 11.1. The van der Waals surface area contributed by atoms with Crippen LogP contribution < -0.4 is 0 Å². The summed E-state index contributed by atoms with van der Waals surface area (Å²) in [5.41, 5.74) is 0. The molecule has 0 bridgehead atoms. The second kappa shape index (κ2) is 6.24. The van der Waals surface area contributed by atoms with Crippen LogP contribution in [0.25, 0.3) is 0 Å². The molecule has 1 saturated carbocycles. The summed E-state index contributed by atoms with van der Waals surface area (Å²) in [4.78, 5) is 0.450. The van der Waals surface area contributed by atoms with E-state index in [1.807, 2.05) is 4.90 Å². The Labute approximate surface area is 104 Å². The zero-order valence-electron chi connectivity index (χ0n) is 9.56. The Bertz CT molecular complexity index is 200. The first-order valence-corrected chi connectivity index (χ1v) is 6.74. The standard InChI is InChI=1S/C11H19BrF3N/c1-16(8-10(12)11(13,14)15)9-6-4-2-3-5-7-9/h9-10H,2-8H2,1H3. The topological polar surface area (TPSA) is 3.24 Å². The van der Waals surface area contributed by atoms with E-state index in [1.54, 1.807) is 7.05 Å². The molecule has 0 heterocycles. The molecule has 16 heavy (non-hydrogen) atoms. The largest absolute Gasteiger partial charge is 0.402 e. The fraction of sp³-hybridized carbons (Fsp3) is 1.00. The van der Waals surface area contributed by atoms with Gasteiger partial charge in [-0.3, -0.25) is 0 Å². The predicted octanol–water partition coefficient (Wildman–Crippen LogP) is 3.97. The molecule has 1 fully saturated rings. The molecule has 0 aromatic carbocycles. The molecule has 5 heteroatoms. The Morgan fingerprint density at radius 3 is 2.12 bits per heavy atom. The van der Waals surface area contributed by atoms with E-state index < -0.39 is 11.0 Å². The highest BCUT2D eigenvalue weighted by molar-refractivity contribution is 9.09. The molecule has 0 amide bonds. The number of rotatable bonds is 3. The van der Waals surface area contributed by atoms with Gasteiger partial charge in [0.2, 0.25) is 0 Å². The van der Waals surface area contributed by atoms with Crippen LogP contribution in [0.15, 0.2) is 0 Å². The number of hydrogen-bond donors (Lipinski definition) is 0. The average Bonchev–Trinajstić information content (AvgIpc) is 2.43. The van der Waals surface area contributed by atoms with Crippen molar-refractivity contribution in [2.45, 2.75) is 55.6 Å². The first kappa shape index (κ1) is 14.3. The van der Waals surface area contributed by atoms with Gasteiger partial charge in [0.15, 0.2) is 0 Å². The van der Waals surface area contributed by atoms with Crippen molar-refractivity contribution in [3.05, 3.63) is 0 Å². The van der Waals surface area contributed by atoms with Gasteiger partial charge in [0.25, 0.3) is 0 Å². The van der Waals surface area contributed by atoms with Crippen molar-refractivity contribution in [2.75, 3.05) is 13.6 Å². The molecule has 1 unspecified atom stereocenters. The minimum absolute atomic E-state index is 0.0498. The number of hydrogen-bond acceptors (Lipinski definition) is 1. The summed E-state index contributed by atoms with van der Waals surface area (Å²) in [5, 5.41) is 0. The van der Waals surface area contributed by atoms with Gasteiger partial charge in [0.05, 0.1) is 0 Å². The van der Waals surface area contributed by atoms with Crippen molar-refractivity contribution >= 4 is 15.9 Å². The van der Waals surface area contributed by atoms with E-state index in [0.717, 1.165) is 25.7 Å². The van der Waals surface area contributed by atoms with Crippen LogP contribution in [0.5, 0.6) is 0 Å². The molecule has 1 nitrogen and oxygen atoms in total. The third kappa shape index (κ3) is 4.62. The van der Waals surface area contributed by atoms with Gasteiger partial charge < -0.3 is 4.90 Å². The Hall–Kier alpha value is 0.230. The van der Waals surface area contributed by atoms with E-state index in [-0.39, 0.29) is 6.54 Å². The molecule has 1 atom stereocenters. The molecule has 1 aliphatic rings. The molecule has 0 aliphatic heterocycles. The first-order valence-electron chi connectivity index (χ1n) is 5.82. The molecule has 0 aromatic rings. The highest BCUT2D eigenvalue weighted by Crippen LogP contribution is 2.28. The van der Waals surface area contributed by atoms with Gasteiger partial charge in [-0.05, 0) is 19.9 Å². The van der Waals surface area contributed by atoms with Crippen molar-refractivity contribution < 1.29 is 13.2 Å². The first-order chi connectivity index (χ1) is 7.41. The molecule has 0 radical (unpaired) electrons. The third-order valence-electron chi connectivity index (χ3n) is 3.25. The summed E-state index contributed by atoms with van der Waals surface area (Å²) in [6.45, 7) is 0.0498. The van der Waals surface area contributed by atoms with Crippen molar-refractivity contribution in [3.63, 3.8) is 0 Å². The highest BCUT2D eigenvalue weighted by Gasteiger charge is 2.38. The summed E-state index contributed by atoms with van der Waals surface area (Å²) in [6.07, 6.45) is 2.67. The van der Waals surface area contributed by atoms with Gasteiger partial charge in [0, 0.05) is 12.6 Å². The zero-order chi connectivity index (χ0) is 12.2. The lowest BCUT2D eigenvalue weighted by Crippen LogP contribution is -2.40. The van der Waals surface area contributed by atoms with Crippen molar-refractivity contribution in [1.29, 1.82) is 0 Å². The van der Waals surface area contributed by atoms with E-state index >= 15 is 0 Å². The Kier molecular flexibility index (Phi) is 5.57. The van der Waals surface area contributed by atoms with Crippen LogP contribution in [0.2, 0.25) is 0 Å². The van der Waals surface area contributed by atoms with Gasteiger partial charge in [-0.2, -0.15) is 13.2 Å². The van der Waals surface area contributed by atoms with Gasteiger partial charge in [-0.1, -0.05) is 41.6 Å². The van der Waals surface area contributed by atoms with Crippen LogP contribution in [0.3, 0.4) is 0 Å². The molecule has 0 N–H and O–H groups in total. The molecule has 0 aromatic heterocycles. The SMILES string of the molecule is CN(CC(Br)C(F)(F)F)C1CCCCCC1. The van der Waals surface area contributed by atoms with Crippen LogP contribution in [0.1, 0.15) is 38.5 Å². The fourth-order valence-corrected chi connectivity index (χ4v) is 2.66. The van der Waals surface area contributed by atoms with Crippen LogP contribution in [0.4, 0.5) is 13.2 Å². The maximum atomic E-state index is 12.4. The fourth-order valence-electron chi connectivity index (χ4n) is 2.20. The quantitative estimate of drug-likeness (QED) is 0.563. The average molecular weight is 302 g/mol. The molecular weight excluding hydrogens is 283 g/mol. The van der Waals surface area contributed by atoms with Crippen LogP contribution >= 0.6 is 15.9 Å². The van der Waals surface area contributed by atoms with Crippen LogP contribution in [-0.4, -0.2) is 35.5 Å². The maximum absolute atomic E-state index is 12.4. The molecule has 1 rings (SSSR count). The Balaban J connectivity index is 2.41.